The number of ketones is 1. The van der Waals surface area contributed by atoms with E-state index in [0.29, 0.717) is 69.7 Å². The number of carbonyl (C=O) groups excluding carboxylic acids is 4. The van der Waals surface area contributed by atoms with Crippen LogP contribution in [-0.4, -0.2) is 101 Å². The van der Waals surface area contributed by atoms with Crippen LogP contribution in [0.1, 0.15) is 113 Å². The summed E-state index contributed by atoms with van der Waals surface area (Å²) < 4.78 is 47.2. The number of carbonyl (C=O) groups is 4. The van der Waals surface area contributed by atoms with Gasteiger partial charge in [0, 0.05) is 74.0 Å². The number of rotatable bonds is 16. The zero-order valence-electron chi connectivity index (χ0n) is 45.7. The number of Topliss-reactive ketones (excluding diaryl/α,β-unsaturated/α-hetero) is 1. The predicted octanol–water partition coefficient (Wildman–Crippen LogP) is 11.3. The summed E-state index contributed by atoms with van der Waals surface area (Å²) in [5.41, 5.74) is 4.96. The summed E-state index contributed by atoms with van der Waals surface area (Å²) >= 11 is 0. The first-order valence-corrected chi connectivity index (χ1v) is 27.6. The van der Waals surface area contributed by atoms with Gasteiger partial charge in [0.15, 0.2) is 5.78 Å². The van der Waals surface area contributed by atoms with E-state index in [1.807, 2.05) is 37.4 Å². The molecule has 4 N–H and O–H groups in total. The maximum absolute atomic E-state index is 13.6. The average Bonchev–Trinajstić information content (AvgIpc) is 4.45. The molecule has 3 aliphatic rings. The second-order valence-corrected chi connectivity index (χ2v) is 21.1. The van der Waals surface area contributed by atoms with Crippen molar-refractivity contribution in [3.05, 3.63) is 150 Å². The molecule has 0 bridgehead atoms. The van der Waals surface area contributed by atoms with Crippen molar-refractivity contribution in [1.82, 2.24) is 44.7 Å². The number of aromatic nitrogens is 9. The Morgan fingerprint density at radius 3 is 1.77 bits per heavy atom. The van der Waals surface area contributed by atoms with E-state index in [1.54, 1.807) is 89.5 Å². The number of H-pyrrole nitrogens is 1. The fourth-order valence-electron chi connectivity index (χ4n) is 10.6. The summed E-state index contributed by atoms with van der Waals surface area (Å²) in [4.78, 5) is 61.6. The summed E-state index contributed by atoms with van der Waals surface area (Å²) in [6.07, 6.45) is 14.9. The van der Waals surface area contributed by atoms with E-state index < -0.39 is 23.8 Å². The molecule has 21 heteroatoms. The van der Waals surface area contributed by atoms with Crippen LogP contribution in [0.15, 0.2) is 122 Å². The van der Waals surface area contributed by atoms with Gasteiger partial charge in [-0.25, -0.2) is 9.37 Å². The van der Waals surface area contributed by atoms with E-state index in [9.17, 15) is 28.0 Å². The number of halogens is 2. The smallest absolute Gasteiger partial charge is 0.274 e. The van der Waals surface area contributed by atoms with E-state index >= 15 is 0 Å². The lowest BCUT2D eigenvalue weighted by Gasteiger charge is -2.23. The average molecular weight is 1120 g/mol. The van der Waals surface area contributed by atoms with E-state index in [-0.39, 0.29) is 29.7 Å². The van der Waals surface area contributed by atoms with E-state index in [4.69, 9.17) is 14.2 Å². The molecule has 2 saturated carbocycles. The highest BCUT2D eigenvalue weighted by molar-refractivity contribution is 6.09. The number of pyridine rings is 3. The maximum Gasteiger partial charge on any atom is 0.274 e. The third-order valence-corrected chi connectivity index (χ3v) is 15.2. The molecule has 424 valence electrons. The van der Waals surface area contributed by atoms with Crippen LogP contribution >= 0.6 is 0 Å². The molecule has 0 radical (unpaired) electrons. The Hall–Kier alpha value is -8.98. The van der Waals surface area contributed by atoms with Gasteiger partial charge < -0.3 is 30.2 Å². The molecule has 9 aromatic rings. The second kappa shape index (κ2) is 26.1. The first-order valence-electron chi connectivity index (χ1n) is 27.6. The third-order valence-electron chi connectivity index (χ3n) is 15.2. The summed E-state index contributed by atoms with van der Waals surface area (Å²) in [5, 5.41) is 27.0. The van der Waals surface area contributed by atoms with Gasteiger partial charge in [-0.05, 0) is 141 Å². The standard InChI is InChI=1S/C22H23FN4O2.C20H21FN4O3.C19H20N4O2/c1-27-18-12-15(25-21(29)17-6-2-5-11-24-17)7-8-16(18)20(26-27)19(28)13-22(14-23)9-3-4-10-22;1-25-18-10-15(23-19(26)17-5-2-14(21)11-22-17)3-4-16(18)20(24-25)28-12-13-6-8-27-9-7-13;24-18(16-7-3-4-10-20-16)21-14-8-9-15-17(11-14)22-23-19(15)25-12-13-5-1-2-6-13/h2,5-8,11-12H,3-4,9-10,13-14H2,1H3,(H,25,29);2-5,10-11,13H,6-9,12H2,1H3,(H,23,26);3-4,7-11,13H,1-2,5-6,12H2,(H,21,24)(H,22,23). The Balaban J connectivity index is 0.000000138. The van der Waals surface area contributed by atoms with Gasteiger partial charge >= 0.3 is 0 Å². The first kappa shape index (κ1) is 56.3. The molecule has 1 aliphatic heterocycles. The van der Waals surface area contributed by atoms with Crippen LogP contribution < -0.4 is 25.4 Å². The molecule has 7 heterocycles. The number of amides is 3. The molecule has 2 aliphatic carbocycles. The number of hydrogen-bond acceptors (Lipinski definition) is 13. The third kappa shape index (κ3) is 13.8. The minimum absolute atomic E-state index is 0.125. The molecule has 3 amide bonds. The van der Waals surface area contributed by atoms with Crippen molar-refractivity contribution in [3.8, 4) is 11.8 Å². The molecule has 3 aromatic carbocycles. The molecular formula is C61H64F2N12O7. The zero-order chi connectivity index (χ0) is 57.0. The van der Waals surface area contributed by atoms with Gasteiger partial charge in [0.05, 0.1) is 53.4 Å². The van der Waals surface area contributed by atoms with Crippen molar-refractivity contribution >= 4 is 73.3 Å². The quantitative estimate of drug-likeness (QED) is 0.0660. The number of aryl methyl sites for hydroxylation is 2. The van der Waals surface area contributed by atoms with Gasteiger partial charge in [0.1, 0.15) is 28.6 Å². The zero-order valence-corrected chi connectivity index (χ0v) is 45.7. The number of nitrogens with one attached hydrogen (secondary N) is 4. The largest absolute Gasteiger partial charge is 0.476 e. The van der Waals surface area contributed by atoms with Crippen LogP contribution in [0.25, 0.3) is 32.7 Å². The molecule has 0 atom stereocenters. The lowest BCUT2D eigenvalue weighted by atomic mass is 9.82. The van der Waals surface area contributed by atoms with Crippen LogP contribution in [-0.2, 0) is 18.8 Å². The van der Waals surface area contributed by atoms with E-state index in [1.165, 1.54) is 37.8 Å². The monoisotopic (exact) mass is 1110 g/mol. The maximum atomic E-state index is 13.6. The van der Waals surface area contributed by atoms with Crippen molar-refractivity contribution in [3.63, 3.8) is 0 Å². The molecule has 19 nitrogen and oxygen atoms in total. The minimum atomic E-state index is -0.530. The van der Waals surface area contributed by atoms with Crippen LogP contribution in [0.5, 0.6) is 11.8 Å². The molecule has 0 spiro atoms. The van der Waals surface area contributed by atoms with Gasteiger partial charge in [-0.2, -0.15) is 5.10 Å². The topological polar surface area (TPSA) is 235 Å². The minimum Gasteiger partial charge on any atom is -0.476 e. The summed E-state index contributed by atoms with van der Waals surface area (Å²) in [6.45, 7) is 2.43. The summed E-state index contributed by atoms with van der Waals surface area (Å²) in [5.74, 6) is 0.772. The fourth-order valence-corrected chi connectivity index (χ4v) is 10.6. The summed E-state index contributed by atoms with van der Waals surface area (Å²) in [6, 6.07) is 29.3. The number of alkyl halides is 1. The highest BCUT2D eigenvalue weighted by Gasteiger charge is 2.37. The van der Waals surface area contributed by atoms with Crippen LogP contribution in [0.3, 0.4) is 0 Å². The molecule has 12 rings (SSSR count). The molecule has 1 saturated heterocycles. The highest BCUT2D eigenvalue weighted by atomic mass is 19.1. The highest BCUT2D eigenvalue weighted by Crippen LogP contribution is 2.43. The Bertz CT molecular complexity index is 3670. The number of nitrogens with zero attached hydrogens (tertiary/aromatic N) is 8. The number of hydrogen-bond donors (Lipinski definition) is 4. The lowest BCUT2D eigenvalue weighted by Crippen LogP contribution is -2.23. The van der Waals surface area contributed by atoms with Crippen molar-refractivity contribution < 1.29 is 42.2 Å². The van der Waals surface area contributed by atoms with Crippen molar-refractivity contribution in [2.24, 2.45) is 31.3 Å². The second-order valence-electron chi connectivity index (χ2n) is 21.1. The van der Waals surface area contributed by atoms with Gasteiger partial charge in [-0.15, -0.1) is 10.2 Å². The normalized spacial score (nSPS) is 15.1. The molecular weight excluding hydrogens is 1050 g/mol. The van der Waals surface area contributed by atoms with Crippen LogP contribution in [0.4, 0.5) is 25.8 Å². The van der Waals surface area contributed by atoms with Crippen LogP contribution in [0.2, 0.25) is 0 Å². The predicted molar refractivity (Wildman–Crippen MR) is 306 cm³/mol. The molecule has 3 fully saturated rings. The van der Waals surface area contributed by atoms with Gasteiger partial charge in [-0.1, -0.05) is 37.8 Å². The SMILES string of the molecule is Cn1nc(C(=O)CC2(CF)CCCC2)c2ccc(NC(=O)c3ccccn3)cc21.Cn1nc(OCC2CCOCC2)c2ccc(NC(=O)c3ccc(F)cn3)cc21.O=C(Nc1ccc2c(OCC3CCCC3)n[nH]c2c1)c1ccccn1. The number of anilines is 3. The van der Waals surface area contributed by atoms with E-state index in [2.05, 4.69) is 51.3 Å². The molecule has 0 unspecified atom stereocenters. The Labute approximate surface area is 471 Å². The number of aromatic amines is 1. The Morgan fingerprint density at radius 1 is 0.634 bits per heavy atom. The van der Waals surface area contributed by atoms with Crippen LogP contribution in [0, 0.1) is 23.1 Å². The van der Waals surface area contributed by atoms with Crippen molar-refractivity contribution in [2.45, 2.75) is 70.6 Å². The van der Waals surface area contributed by atoms with Crippen molar-refractivity contribution in [1.29, 1.82) is 0 Å². The lowest BCUT2D eigenvalue weighted by molar-refractivity contribution is 0.0492. The number of fused-ring (bicyclic) bond motifs is 3. The molecule has 82 heavy (non-hydrogen) atoms. The first-order chi connectivity index (χ1) is 39.9. The van der Waals surface area contributed by atoms with Crippen molar-refractivity contribution in [2.75, 3.05) is 49.1 Å². The Kier molecular flexibility index (Phi) is 17.9. The van der Waals surface area contributed by atoms with Gasteiger partial charge in [-0.3, -0.25) is 48.0 Å². The summed E-state index contributed by atoms with van der Waals surface area (Å²) in [7, 11) is 3.58. The van der Waals surface area contributed by atoms with E-state index in [0.717, 1.165) is 91.9 Å². The Morgan fingerprint density at radius 2 is 1.18 bits per heavy atom. The molecule has 6 aromatic heterocycles. The van der Waals surface area contributed by atoms with Gasteiger partial charge in [0.25, 0.3) is 17.7 Å². The fraction of sp³-hybridized carbons (Fsp3) is 0.344. The number of benzene rings is 3. The van der Waals surface area contributed by atoms with Gasteiger partial charge in [0.2, 0.25) is 11.8 Å². The number of ether oxygens (including phenoxy) is 3.